The summed E-state index contributed by atoms with van der Waals surface area (Å²) in [6.45, 7) is 1.74. The van der Waals surface area contributed by atoms with Crippen molar-refractivity contribution in [3.63, 3.8) is 0 Å². The number of allylic oxidation sites excluding steroid dienone is 1. The molecule has 2 heterocycles. The molecule has 7 nitrogen and oxygen atoms in total. The highest BCUT2D eigenvalue weighted by atomic mass is 32.1. The van der Waals surface area contributed by atoms with Gasteiger partial charge in [-0.25, -0.2) is 14.6 Å². The van der Waals surface area contributed by atoms with Crippen molar-refractivity contribution in [2.75, 3.05) is 14.2 Å². The Morgan fingerprint density at radius 2 is 1.66 bits per heavy atom. The van der Waals surface area contributed by atoms with Crippen molar-refractivity contribution in [2.45, 2.75) is 13.0 Å². The third-order valence-corrected chi connectivity index (χ3v) is 6.15. The second-order valence-electron chi connectivity index (χ2n) is 7.10. The Hall–Kier alpha value is -3.78. The number of esters is 2. The maximum Gasteiger partial charge on any atom is 0.338 e. The smallest absolute Gasteiger partial charge is 0.338 e. The van der Waals surface area contributed by atoms with Crippen molar-refractivity contribution in [2.24, 2.45) is 4.99 Å². The van der Waals surface area contributed by atoms with Gasteiger partial charge in [0.15, 0.2) is 4.80 Å². The molecule has 0 fully saturated rings. The van der Waals surface area contributed by atoms with Crippen LogP contribution in [0.5, 0.6) is 0 Å². The van der Waals surface area contributed by atoms with Gasteiger partial charge in [0, 0.05) is 0 Å². The molecule has 1 aromatic heterocycles. The van der Waals surface area contributed by atoms with Crippen molar-refractivity contribution < 1.29 is 19.1 Å². The zero-order valence-corrected chi connectivity index (χ0v) is 18.5. The number of ether oxygens (including phenoxy) is 2. The molecule has 0 N–H and O–H groups in total. The van der Waals surface area contributed by atoms with Gasteiger partial charge in [-0.2, -0.15) is 0 Å². The lowest BCUT2D eigenvalue weighted by Gasteiger charge is -2.24. The molecule has 2 aromatic carbocycles. The Labute approximate surface area is 187 Å². The number of hydrogen-bond donors (Lipinski definition) is 0. The molecule has 3 aromatic rings. The maximum absolute atomic E-state index is 13.4. The zero-order valence-electron chi connectivity index (χ0n) is 17.7. The molecule has 162 valence electrons. The minimum absolute atomic E-state index is 0.256. The lowest BCUT2D eigenvalue weighted by atomic mass is 9.96. The number of carbonyl (C=O) groups is 2. The van der Waals surface area contributed by atoms with E-state index in [1.54, 1.807) is 37.3 Å². The van der Waals surface area contributed by atoms with Gasteiger partial charge in [-0.15, -0.1) is 0 Å². The number of hydrogen-bond acceptors (Lipinski definition) is 7. The molecule has 0 saturated heterocycles. The number of carbonyl (C=O) groups excluding carboxylic acids is 2. The second-order valence-corrected chi connectivity index (χ2v) is 8.11. The summed E-state index contributed by atoms with van der Waals surface area (Å²) in [6, 6.07) is 15.5. The Bertz CT molecular complexity index is 1400. The van der Waals surface area contributed by atoms with Crippen molar-refractivity contribution in [3.05, 3.63) is 102 Å². The Morgan fingerprint density at radius 3 is 2.28 bits per heavy atom. The number of aromatic nitrogens is 1. The number of fused-ring (bicyclic) bond motifs is 1. The molecule has 1 atom stereocenters. The van der Waals surface area contributed by atoms with Crippen molar-refractivity contribution in [1.82, 2.24) is 4.57 Å². The van der Waals surface area contributed by atoms with Crippen LogP contribution >= 0.6 is 11.3 Å². The third kappa shape index (κ3) is 3.80. The highest BCUT2D eigenvalue weighted by Crippen LogP contribution is 2.30. The van der Waals surface area contributed by atoms with Gasteiger partial charge in [-0.3, -0.25) is 9.36 Å². The van der Waals surface area contributed by atoms with Gasteiger partial charge in [-0.1, -0.05) is 53.8 Å². The Balaban J connectivity index is 1.88. The lowest BCUT2D eigenvalue weighted by Crippen LogP contribution is -2.39. The van der Waals surface area contributed by atoms with Crippen LogP contribution in [0.4, 0.5) is 0 Å². The van der Waals surface area contributed by atoms with Gasteiger partial charge in [-0.05, 0) is 36.3 Å². The SMILES string of the molecule is COC(=O)C1=C(C)N=c2sc(=Cc3ccc(C(=O)OC)cc3)c(=O)n2C1c1ccccc1. The first-order valence-corrected chi connectivity index (χ1v) is 10.6. The van der Waals surface area contributed by atoms with Crippen molar-refractivity contribution in [3.8, 4) is 0 Å². The Kier molecular flexibility index (Phi) is 5.87. The van der Waals surface area contributed by atoms with Crippen molar-refractivity contribution in [1.29, 1.82) is 0 Å². The van der Waals surface area contributed by atoms with E-state index in [0.717, 1.165) is 11.1 Å². The first kappa shape index (κ1) is 21.5. The van der Waals surface area contributed by atoms with E-state index < -0.39 is 18.0 Å². The normalized spacial score (nSPS) is 15.7. The molecule has 0 radical (unpaired) electrons. The van der Waals surface area contributed by atoms with Crippen LogP contribution in [0.2, 0.25) is 0 Å². The predicted molar refractivity (Wildman–Crippen MR) is 120 cm³/mol. The highest BCUT2D eigenvalue weighted by molar-refractivity contribution is 7.07. The summed E-state index contributed by atoms with van der Waals surface area (Å²) < 4.78 is 11.7. The van der Waals surface area contributed by atoms with E-state index in [1.165, 1.54) is 30.1 Å². The summed E-state index contributed by atoms with van der Waals surface area (Å²) in [5.74, 6) is -0.947. The number of rotatable bonds is 4. The van der Waals surface area contributed by atoms with Gasteiger partial charge in [0.1, 0.15) is 0 Å². The fourth-order valence-corrected chi connectivity index (χ4v) is 4.67. The third-order valence-electron chi connectivity index (χ3n) is 5.17. The van der Waals surface area contributed by atoms with E-state index in [4.69, 9.17) is 9.47 Å². The topological polar surface area (TPSA) is 87.0 Å². The predicted octanol–water partition coefficient (Wildman–Crippen LogP) is 2.19. The lowest BCUT2D eigenvalue weighted by molar-refractivity contribution is -0.136. The molecular formula is C24H20N2O5S. The van der Waals surface area contributed by atoms with Gasteiger partial charge in [0.05, 0.1) is 41.6 Å². The van der Waals surface area contributed by atoms with E-state index in [9.17, 15) is 14.4 Å². The Morgan fingerprint density at radius 1 is 1.00 bits per heavy atom. The van der Waals surface area contributed by atoms with Crippen LogP contribution in [-0.4, -0.2) is 30.7 Å². The van der Waals surface area contributed by atoms with Gasteiger partial charge in [0.25, 0.3) is 5.56 Å². The summed E-state index contributed by atoms with van der Waals surface area (Å²) in [5.41, 5.74) is 2.56. The van der Waals surface area contributed by atoms with Crippen LogP contribution in [0.25, 0.3) is 6.08 Å². The quantitative estimate of drug-likeness (QED) is 0.571. The fraction of sp³-hybridized carbons (Fsp3) is 0.167. The number of thiazole rings is 1. The molecule has 1 unspecified atom stereocenters. The number of methoxy groups -OCH3 is 2. The molecule has 32 heavy (non-hydrogen) atoms. The summed E-state index contributed by atoms with van der Waals surface area (Å²) in [4.78, 5) is 42.7. The minimum atomic E-state index is -0.635. The monoisotopic (exact) mass is 448 g/mol. The molecule has 8 heteroatoms. The molecular weight excluding hydrogens is 428 g/mol. The van der Waals surface area contributed by atoms with E-state index in [2.05, 4.69) is 4.99 Å². The van der Waals surface area contributed by atoms with E-state index in [-0.39, 0.29) is 5.56 Å². The highest BCUT2D eigenvalue weighted by Gasteiger charge is 2.32. The largest absolute Gasteiger partial charge is 0.466 e. The molecule has 0 saturated carbocycles. The summed E-state index contributed by atoms with van der Waals surface area (Å²) >= 11 is 1.25. The fourth-order valence-electron chi connectivity index (χ4n) is 3.63. The van der Waals surface area contributed by atoms with Crippen LogP contribution in [0.1, 0.15) is 34.5 Å². The van der Waals surface area contributed by atoms with E-state index in [1.807, 2.05) is 30.3 Å². The van der Waals surface area contributed by atoms with Gasteiger partial charge in [0.2, 0.25) is 0 Å². The molecule has 0 amide bonds. The molecule has 0 spiro atoms. The van der Waals surface area contributed by atoms with Crippen LogP contribution in [0.3, 0.4) is 0 Å². The number of nitrogens with zero attached hydrogens (tertiary/aromatic N) is 2. The molecule has 0 bridgehead atoms. The minimum Gasteiger partial charge on any atom is -0.466 e. The van der Waals surface area contributed by atoms with Gasteiger partial charge >= 0.3 is 11.9 Å². The standard InChI is InChI=1S/C24H20N2O5S/c1-14-19(23(29)31-3)20(16-7-5-4-6-8-16)26-21(27)18(32-24(26)25-14)13-15-9-11-17(12-10-15)22(28)30-2/h4-13,20H,1-3H3. The van der Waals surface area contributed by atoms with E-state index in [0.29, 0.717) is 26.2 Å². The first-order valence-electron chi connectivity index (χ1n) is 9.78. The van der Waals surface area contributed by atoms with Crippen LogP contribution in [0, 0.1) is 0 Å². The molecule has 0 aliphatic carbocycles. The zero-order chi connectivity index (χ0) is 22.8. The van der Waals surface area contributed by atoms with Crippen LogP contribution in [0.15, 0.2) is 75.7 Å². The van der Waals surface area contributed by atoms with Crippen LogP contribution < -0.4 is 14.9 Å². The second kappa shape index (κ2) is 8.76. The van der Waals surface area contributed by atoms with Gasteiger partial charge < -0.3 is 9.47 Å². The maximum atomic E-state index is 13.4. The summed E-state index contributed by atoms with van der Waals surface area (Å²) in [5, 5.41) is 0. The average Bonchev–Trinajstić information content (AvgIpc) is 3.12. The molecule has 4 rings (SSSR count). The first-order chi connectivity index (χ1) is 15.4. The summed E-state index contributed by atoms with van der Waals surface area (Å²) in [7, 11) is 2.64. The van der Waals surface area contributed by atoms with E-state index >= 15 is 0 Å². The molecule has 1 aliphatic rings. The molecule has 1 aliphatic heterocycles. The average molecular weight is 449 g/mol. The van der Waals surface area contributed by atoms with Crippen LogP contribution in [-0.2, 0) is 14.3 Å². The number of benzene rings is 2. The summed E-state index contributed by atoms with van der Waals surface area (Å²) in [6.07, 6.45) is 1.74. The van der Waals surface area contributed by atoms with Crippen molar-refractivity contribution >= 4 is 29.4 Å².